The minimum atomic E-state index is -0.497. The van der Waals surface area contributed by atoms with Crippen LogP contribution in [0.5, 0.6) is 0 Å². The molecule has 0 aliphatic heterocycles. The molecule has 2 rings (SSSR count). The maximum absolute atomic E-state index is 5.79. The van der Waals surface area contributed by atoms with Gasteiger partial charge in [-0.2, -0.15) is 0 Å². The van der Waals surface area contributed by atoms with Gasteiger partial charge in [0.1, 0.15) is 16.3 Å². The zero-order valence-corrected chi connectivity index (χ0v) is 15.0. The summed E-state index contributed by atoms with van der Waals surface area (Å²) in [6.07, 6.45) is 12.5. The molecule has 0 unspecified atom stereocenters. The summed E-state index contributed by atoms with van der Waals surface area (Å²) in [6.45, 7) is 1.33. The zero-order valence-electron chi connectivity index (χ0n) is 12.0. The van der Waals surface area contributed by atoms with Gasteiger partial charge in [-0.1, -0.05) is 0 Å². The number of hydrogen-bond acceptors (Lipinski definition) is 3. The lowest BCUT2D eigenvalue weighted by atomic mass is 10.3. The van der Waals surface area contributed by atoms with Gasteiger partial charge in [0.25, 0.3) is 0 Å². The van der Waals surface area contributed by atoms with Crippen molar-refractivity contribution in [2.75, 3.05) is 31.1 Å². The molecule has 0 aliphatic carbocycles. The van der Waals surface area contributed by atoms with E-state index in [1.54, 1.807) is 6.20 Å². The summed E-state index contributed by atoms with van der Waals surface area (Å²) in [7, 11) is -0.497. The van der Waals surface area contributed by atoms with Gasteiger partial charge in [-0.3, -0.25) is 4.98 Å². The molecule has 0 fully saturated rings. The highest BCUT2D eigenvalue weighted by atomic mass is 127. The van der Waals surface area contributed by atoms with E-state index in [1.165, 1.54) is 0 Å². The minimum Gasteiger partial charge on any atom is -0.360 e. The van der Waals surface area contributed by atoms with Crippen LogP contribution in [0.1, 0.15) is 0 Å². The number of imidazole rings is 1. The molecule has 6 heteroatoms. The van der Waals surface area contributed by atoms with E-state index in [-0.39, 0.29) is 0 Å². The molecule has 2 aromatic rings. The second kappa shape index (κ2) is 6.91. The number of nitrogens with zero attached hydrogens (tertiary/aromatic N) is 3. The summed E-state index contributed by atoms with van der Waals surface area (Å²) in [5.74, 6) is 2.03. The molecule has 0 aliphatic rings. The lowest BCUT2D eigenvalue weighted by Gasteiger charge is -2.24. The van der Waals surface area contributed by atoms with Crippen LogP contribution in [-0.4, -0.2) is 45.7 Å². The van der Waals surface area contributed by atoms with E-state index >= 15 is 0 Å². The highest BCUT2D eigenvalue weighted by Crippen LogP contribution is 2.33. The minimum absolute atomic E-state index is 0.497. The number of ether oxygens (including phenoxy) is 1. The maximum atomic E-state index is 5.79. The summed E-state index contributed by atoms with van der Waals surface area (Å²) in [5, 5.41) is 0. The summed E-state index contributed by atoms with van der Waals surface area (Å²) in [6, 6.07) is 3.94. The van der Waals surface area contributed by atoms with Gasteiger partial charge < -0.3 is 9.30 Å². The Morgan fingerprint density at radius 3 is 2.80 bits per heavy atom. The Morgan fingerprint density at radius 2 is 2.15 bits per heavy atom. The number of hydrogen-bond donors (Lipinski definition) is 0. The predicted molar refractivity (Wildman–Crippen MR) is 94.4 cm³/mol. The van der Waals surface area contributed by atoms with E-state index in [9.17, 15) is 0 Å². The van der Waals surface area contributed by atoms with Gasteiger partial charge in [0, 0.05) is 29.9 Å². The van der Waals surface area contributed by atoms with E-state index < -0.39 is 10.0 Å². The summed E-state index contributed by atoms with van der Waals surface area (Å²) in [4.78, 5) is 8.69. The van der Waals surface area contributed by atoms with E-state index in [2.05, 4.69) is 51.3 Å². The second-order valence-corrected chi connectivity index (χ2v) is 11.1. The van der Waals surface area contributed by atoms with Crippen LogP contribution >= 0.6 is 32.6 Å². The second-order valence-electron chi connectivity index (χ2n) is 5.43. The van der Waals surface area contributed by atoms with Gasteiger partial charge in [-0.05, 0) is 53.5 Å². The number of rotatable bonds is 6. The van der Waals surface area contributed by atoms with Crippen LogP contribution in [-0.2, 0) is 11.5 Å². The molecular formula is C14H20IN3OS. The average molecular weight is 405 g/mol. The fourth-order valence-corrected chi connectivity index (χ4v) is 2.86. The number of pyridine rings is 1. The molecule has 0 saturated carbocycles. The Morgan fingerprint density at radius 1 is 1.35 bits per heavy atom. The SMILES string of the molecule is CS(C)(C)CCOCn1cc(I)nc1-c1cccnc1. The molecule has 0 radical (unpaired) electrons. The fraction of sp³-hybridized carbons (Fsp3) is 0.429. The van der Waals surface area contributed by atoms with Crippen molar-refractivity contribution in [2.24, 2.45) is 0 Å². The van der Waals surface area contributed by atoms with Crippen LogP contribution in [0.25, 0.3) is 11.4 Å². The highest BCUT2D eigenvalue weighted by molar-refractivity contribution is 14.1. The van der Waals surface area contributed by atoms with Crippen molar-refractivity contribution in [3.63, 3.8) is 0 Å². The van der Waals surface area contributed by atoms with Crippen LogP contribution < -0.4 is 0 Å². The first-order valence-corrected chi connectivity index (χ1v) is 10.4. The molecule has 110 valence electrons. The van der Waals surface area contributed by atoms with Crippen molar-refractivity contribution in [3.05, 3.63) is 34.4 Å². The molecule has 0 aromatic carbocycles. The largest absolute Gasteiger partial charge is 0.360 e. The topological polar surface area (TPSA) is 39.9 Å². The third-order valence-electron chi connectivity index (χ3n) is 2.74. The third-order valence-corrected chi connectivity index (χ3v) is 4.65. The monoisotopic (exact) mass is 405 g/mol. The summed E-state index contributed by atoms with van der Waals surface area (Å²) < 4.78 is 8.79. The van der Waals surface area contributed by atoms with Gasteiger partial charge in [0.2, 0.25) is 0 Å². The molecule has 2 aromatic heterocycles. The zero-order chi connectivity index (χ0) is 14.6. The summed E-state index contributed by atoms with van der Waals surface area (Å²) >= 11 is 2.22. The van der Waals surface area contributed by atoms with Crippen molar-refractivity contribution in [2.45, 2.75) is 6.73 Å². The quantitative estimate of drug-likeness (QED) is 0.548. The third kappa shape index (κ3) is 4.75. The van der Waals surface area contributed by atoms with Gasteiger partial charge in [-0.15, -0.1) is 0 Å². The van der Waals surface area contributed by atoms with E-state index in [4.69, 9.17) is 4.74 Å². The molecular weight excluding hydrogens is 385 g/mol. The first kappa shape index (κ1) is 15.8. The fourth-order valence-electron chi connectivity index (χ4n) is 1.68. The normalized spacial score (nSPS) is 12.6. The van der Waals surface area contributed by atoms with Gasteiger partial charge in [0.05, 0.1) is 6.61 Å². The Kier molecular flexibility index (Phi) is 5.45. The highest BCUT2D eigenvalue weighted by Gasteiger charge is 2.09. The first-order valence-electron chi connectivity index (χ1n) is 6.32. The molecule has 0 amide bonds. The molecule has 0 bridgehead atoms. The van der Waals surface area contributed by atoms with Crippen molar-refractivity contribution in [3.8, 4) is 11.4 Å². The lowest BCUT2D eigenvalue weighted by molar-refractivity contribution is 0.0907. The van der Waals surface area contributed by atoms with Crippen LogP contribution in [0.3, 0.4) is 0 Å². The van der Waals surface area contributed by atoms with Crippen LogP contribution in [0.15, 0.2) is 30.7 Å². The standard InChI is InChI=1S/C14H20IN3OS/c1-20(2,3)8-7-19-11-18-10-13(15)17-14(18)12-5-4-6-16-9-12/h4-6,9-10H,7-8,11H2,1-3H3. The molecule has 0 atom stereocenters. The number of halogens is 1. The van der Waals surface area contributed by atoms with Crippen LogP contribution in [0.4, 0.5) is 0 Å². The predicted octanol–water partition coefficient (Wildman–Crippen LogP) is 3.22. The van der Waals surface area contributed by atoms with E-state index in [1.807, 2.05) is 29.1 Å². The van der Waals surface area contributed by atoms with E-state index in [0.29, 0.717) is 6.73 Å². The van der Waals surface area contributed by atoms with Crippen molar-refractivity contribution in [1.82, 2.24) is 14.5 Å². The van der Waals surface area contributed by atoms with Crippen molar-refractivity contribution in [1.29, 1.82) is 0 Å². The number of aromatic nitrogens is 3. The lowest BCUT2D eigenvalue weighted by Crippen LogP contribution is -2.10. The molecule has 2 heterocycles. The molecule has 4 nitrogen and oxygen atoms in total. The Hall–Kier alpha value is -0.600. The van der Waals surface area contributed by atoms with Gasteiger partial charge >= 0.3 is 0 Å². The Balaban J connectivity index is 2.02. The van der Waals surface area contributed by atoms with Crippen molar-refractivity contribution < 1.29 is 4.74 Å². The average Bonchev–Trinajstić information content (AvgIpc) is 2.76. The molecule has 0 saturated heterocycles. The summed E-state index contributed by atoms with van der Waals surface area (Å²) in [5.41, 5.74) is 1.01. The Bertz CT molecular complexity index is 551. The van der Waals surface area contributed by atoms with Crippen LogP contribution in [0, 0.1) is 3.70 Å². The maximum Gasteiger partial charge on any atom is 0.144 e. The smallest absolute Gasteiger partial charge is 0.144 e. The molecule has 20 heavy (non-hydrogen) atoms. The Labute approximate surface area is 135 Å². The first-order chi connectivity index (χ1) is 9.46. The van der Waals surface area contributed by atoms with Crippen LogP contribution in [0.2, 0.25) is 0 Å². The molecule has 0 N–H and O–H groups in total. The van der Waals surface area contributed by atoms with Gasteiger partial charge in [0.15, 0.2) is 0 Å². The van der Waals surface area contributed by atoms with Gasteiger partial charge in [-0.25, -0.2) is 15.0 Å². The van der Waals surface area contributed by atoms with E-state index in [0.717, 1.165) is 27.4 Å². The van der Waals surface area contributed by atoms with Crippen molar-refractivity contribution >= 4 is 32.6 Å². The molecule has 0 spiro atoms.